The second kappa shape index (κ2) is 5.31. The zero-order valence-corrected chi connectivity index (χ0v) is 11.0. The molecule has 0 aliphatic heterocycles. The molecular formula is C12H21N3O2. The van der Waals surface area contributed by atoms with Crippen LogP contribution in [0.3, 0.4) is 0 Å². The lowest BCUT2D eigenvalue weighted by molar-refractivity contribution is -0.149. The van der Waals surface area contributed by atoms with Gasteiger partial charge in [-0.15, -0.1) is 0 Å². The maximum Gasteiger partial charge on any atom is 0.325 e. The van der Waals surface area contributed by atoms with Crippen LogP contribution in [-0.4, -0.2) is 27.7 Å². The molecule has 2 N–H and O–H groups in total. The van der Waals surface area contributed by atoms with E-state index in [2.05, 4.69) is 4.98 Å². The molecule has 1 unspecified atom stereocenters. The third-order valence-electron chi connectivity index (χ3n) is 2.96. The van der Waals surface area contributed by atoms with Gasteiger partial charge in [0.15, 0.2) is 0 Å². The Morgan fingerprint density at radius 2 is 2.24 bits per heavy atom. The highest BCUT2D eigenvalue weighted by Crippen LogP contribution is 2.12. The molecule has 0 fully saturated rings. The van der Waals surface area contributed by atoms with E-state index in [4.69, 9.17) is 10.5 Å². The minimum atomic E-state index is -0.944. The summed E-state index contributed by atoms with van der Waals surface area (Å²) in [6.45, 7) is 8.45. The van der Waals surface area contributed by atoms with Gasteiger partial charge in [-0.3, -0.25) is 4.79 Å². The Morgan fingerprint density at radius 1 is 1.59 bits per heavy atom. The minimum Gasteiger partial charge on any atom is -0.465 e. The topological polar surface area (TPSA) is 70.1 Å². The lowest BCUT2D eigenvalue weighted by Gasteiger charge is -2.22. The molecule has 0 aliphatic carbocycles. The quantitative estimate of drug-likeness (QED) is 0.783. The summed E-state index contributed by atoms with van der Waals surface area (Å²) in [5.41, 5.74) is 7.10. The van der Waals surface area contributed by atoms with Crippen molar-refractivity contribution in [3.05, 3.63) is 17.7 Å². The fraction of sp³-hybridized carbons (Fsp3) is 0.667. The second-order valence-corrected chi connectivity index (χ2v) is 4.50. The van der Waals surface area contributed by atoms with Crippen LogP contribution in [0.1, 0.15) is 31.7 Å². The third-order valence-corrected chi connectivity index (χ3v) is 2.96. The molecule has 1 heterocycles. The molecule has 0 aliphatic rings. The molecule has 1 atom stereocenters. The smallest absolute Gasteiger partial charge is 0.325 e. The van der Waals surface area contributed by atoms with Crippen molar-refractivity contribution in [2.24, 2.45) is 5.73 Å². The molecular weight excluding hydrogens is 218 g/mol. The van der Waals surface area contributed by atoms with Crippen molar-refractivity contribution in [1.29, 1.82) is 0 Å². The zero-order chi connectivity index (χ0) is 13.1. The first-order chi connectivity index (χ1) is 7.88. The van der Waals surface area contributed by atoms with Gasteiger partial charge in [0.2, 0.25) is 0 Å². The van der Waals surface area contributed by atoms with Gasteiger partial charge < -0.3 is 15.0 Å². The molecule has 0 radical (unpaired) electrons. The van der Waals surface area contributed by atoms with Crippen LogP contribution in [0.15, 0.2) is 6.33 Å². The molecule has 1 aromatic heterocycles. The van der Waals surface area contributed by atoms with E-state index in [9.17, 15) is 4.79 Å². The molecule has 0 bridgehead atoms. The van der Waals surface area contributed by atoms with Gasteiger partial charge in [-0.1, -0.05) is 0 Å². The van der Waals surface area contributed by atoms with Gasteiger partial charge in [0, 0.05) is 12.2 Å². The van der Waals surface area contributed by atoms with Gasteiger partial charge in [-0.05, 0) is 34.1 Å². The van der Waals surface area contributed by atoms with Crippen LogP contribution in [0.25, 0.3) is 0 Å². The number of aryl methyl sites for hydroxylation is 2. The lowest BCUT2D eigenvalue weighted by atomic mass is 9.99. The zero-order valence-electron chi connectivity index (χ0n) is 11.0. The summed E-state index contributed by atoms with van der Waals surface area (Å²) in [6.07, 6.45) is 2.30. The molecule has 17 heavy (non-hydrogen) atoms. The summed E-state index contributed by atoms with van der Waals surface area (Å²) < 4.78 is 6.94. The van der Waals surface area contributed by atoms with Crippen LogP contribution >= 0.6 is 0 Å². The fourth-order valence-corrected chi connectivity index (χ4v) is 1.52. The number of nitrogens with two attached hydrogens (primary N) is 1. The Hall–Kier alpha value is -1.36. The average molecular weight is 239 g/mol. The summed E-state index contributed by atoms with van der Waals surface area (Å²) in [4.78, 5) is 15.8. The molecule has 5 heteroatoms. The molecule has 0 amide bonds. The highest BCUT2D eigenvalue weighted by molar-refractivity contribution is 5.79. The molecule has 96 valence electrons. The van der Waals surface area contributed by atoms with E-state index in [1.54, 1.807) is 20.2 Å². The summed E-state index contributed by atoms with van der Waals surface area (Å²) in [5.74, 6) is -0.352. The predicted molar refractivity (Wildman–Crippen MR) is 65.5 cm³/mol. The number of aromatic nitrogens is 2. The molecule has 0 saturated carbocycles. The summed E-state index contributed by atoms with van der Waals surface area (Å²) >= 11 is 0. The van der Waals surface area contributed by atoms with Crippen LogP contribution in [0.4, 0.5) is 0 Å². The van der Waals surface area contributed by atoms with Crippen LogP contribution in [0.5, 0.6) is 0 Å². The SMILES string of the molecule is CCOC(=O)C(C)(N)CCn1cnc(C)c1C. The number of esters is 1. The largest absolute Gasteiger partial charge is 0.465 e. The van der Waals surface area contributed by atoms with E-state index in [1.165, 1.54) is 0 Å². The fourth-order valence-electron chi connectivity index (χ4n) is 1.52. The summed E-state index contributed by atoms with van der Waals surface area (Å²) in [6, 6.07) is 0. The Balaban J connectivity index is 2.61. The van der Waals surface area contributed by atoms with Gasteiger partial charge in [-0.25, -0.2) is 4.98 Å². The number of imidazole rings is 1. The maximum atomic E-state index is 11.6. The Labute approximate surface area is 102 Å². The maximum absolute atomic E-state index is 11.6. The second-order valence-electron chi connectivity index (χ2n) is 4.50. The third kappa shape index (κ3) is 3.30. The Bertz CT molecular complexity index is 396. The van der Waals surface area contributed by atoms with Crippen LogP contribution in [0, 0.1) is 13.8 Å². The number of hydrogen-bond donors (Lipinski definition) is 1. The van der Waals surface area contributed by atoms with E-state index >= 15 is 0 Å². The van der Waals surface area contributed by atoms with Crippen LogP contribution in [0.2, 0.25) is 0 Å². The number of hydrogen-bond acceptors (Lipinski definition) is 4. The van der Waals surface area contributed by atoms with Crippen molar-refractivity contribution < 1.29 is 9.53 Å². The van der Waals surface area contributed by atoms with Gasteiger partial charge >= 0.3 is 5.97 Å². The van der Waals surface area contributed by atoms with Gasteiger partial charge in [-0.2, -0.15) is 0 Å². The van der Waals surface area contributed by atoms with E-state index in [0.717, 1.165) is 11.4 Å². The van der Waals surface area contributed by atoms with Crippen LogP contribution < -0.4 is 5.73 Å². The van der Waals surface area contributed by atoms with E-state index < -0.39 is 5.54 Å². The van der Waals surface area contributed by atoms with Crippen LogP contribution in [-0.2, 0) is 16.1 Å². The number of carbonyl (C=O) groups excluding carboxylic acids is 1. The minimum absolute atomic E-state index is 0.352. The Kier molecular flexibility index (Phi) is 4.28. The van der Waals surface area contributed by atoms with Crippen molar-refractivity contribution in [3.8, 4) is 0 Å². The Morgan fingerprint density at radius 3 is 2.71 bits per heavy atom. The molecule has 0 aromatic carbocycles. The van der Waals surface area contributed by atoms with E-state index in [0.29, 0.717) is 19.6 Å². The standard InChI is InChI=1S/C12H21N3O2/c1-5-17-11(16)12(4,13)6-7-15-8-14-9(2)10(15)3/h8H,5-7,13H2,1-4H3. The highest BCUT2D eigenvalue weighted by Gasteiger charge is 2.29. The van der Waals surface area contributed by atoms with Gasteiger partial charge in [0.1, 0.15) is 5.54 Å². The van der Waals surface area contributed by atoms with Crippen molar-refractivity contribution >= 4 is 5.97 Å². The molecule has 5 nitrogen and oxygen atoms in total. The first kappa shape index (κ1) is 13.7. The van der Waals surface area contributed by atoms with E-state index in [-0.39, 0.29) is 5.97 Å². The number of ether oxygens (including phenoxy) is 1. The normalized spacial score (nSPS) is 14.4. The monoisotopic (exact) mass is 239 g/mol. The summed E-state index contributed by atoms with van der Waals surface area (Å²) in [5, 5.41) is 0. The summed E-state index contributed by atoms with van der Waals surface area (Å²) in [7, 11) is 0. The number of carbonyl (C=O) groups is 1. The highest BCUT2D eigenvalue weighted by atomic mass is 16.5. The predicted octanol–water partition coefficient (Wildman–Crippen LogP) is 1.17. The van der Waals surface area contributed by atoms with Crippen molar-refractivity contribution in [1.82, 2.24) is 9.55 Å². The molecule has 0 saturated heterocycles. The number of nitrogens with zero attached hydrogens (tertiary/aromatic N) is 2. The molecule has 1 rings (SSSR count). The van der Waals surface area contributed by atoms with Gasteiger partial charge in [0.05, 0.1) is 18.6 Å². The molecule has 1 aromatic rings. The first-order valence-corrected chi connectivity index (χ1v) is 5.83. The van der Waals surface area contributed by atoms with Crippen molar-refractivity contribution in [2.75, 3.05) is 6.61 Å². The number of rotatable bonds is 5. The van der Waals surface area contributed by atoms with Gasteiger partial charge in [0.25, 0.3) is 0 Å². The van der Waals surface area contributed by atoms with Crippen molar-refractivity contribution in [2.45, 2.75) is 46.2 Å². The molecule has 0 spiro atoms. The average Bonchev–Trinajstić information content (AvgIpc) is 2.58. The lowest BCUT2D eigenvalue weighted by Crippen LogP contribution is -2.46. The van der Waals surface area contributed by atoms with E-state index in [1.807, 2.05) is 18.4 Å². The van der Waals surface area contributed by atoms with Crippen molar-refractivity contribution in [3.63, 3.8) is 0 Å². The first-order valence-electron chi connectivity index (χ1n) is 5.83.